The van der Waals surface area contributed by atoms with Crippen LogP contribution in [0.2, 0.25) is 0 Å². The van der Waals surface area contributed by atoms with Crippen LogP contribution in [0.1, 0.15) is 102 Å². The topological polar surface area (TPSA) is 26.9 Å². The van der Waals surface area contributed by atoms with E-state index in [1.54, 1.807) is 0 Å². The summed E-state index contributed by atoms with van der Waals surface area (Å²) in [7, 11) is 0. The second-order valence-electron chi connectivity index (χ2n) is 15.9. The summed E-state index contributed by atoms with van der Waals surface area (Å²) in [5.41, 5.74) is 12.8. The number of fused-ring (bicyclic) bond motifs is 2. The van der Waals surface area contributed by atoms with Gasteiger partial charge in [-0.05, 0) is 77.5 Å². The van der Waals surface area contributed by atoms with Gasteiger partial charge in [0.1, 0.15) is 0 Å². The van der Waals surface area contributed by atoms with Gasteiger partial charge in [0.15, 0.2) is 5.78 Å². The van der Waals surface area contributed by atoms with Crippen molar-refractivity contribution in [3.8, 4) is 0 Å². The molecule has 6 aromatic carbocycles. The number of para-hydroxylation sites is 2. The Balaban J connectivity index is 0.000000174. The Hall–Kier alpha value is -5.93. The Labute approximate surface area is 339 Å². The maximum absolute atomic E-state index is 13.4. The Morgan fingerprint density at radius 3 is 1.35 bits per heavy atom. The minimum Gasteiger partial charge on any atom is -0.340 e. The van der Waals surface area contributed by atoms with Gasteiger partial charge in [-0.2, -0.15) is 0 Å². The second-order valence-corrected chi connectivity index (χ2v) is 15.9. The van der Waals surface area contributed by atoms with Gasteiger partial charge in [0.2, 0.25) is 0 Å². The van der Waals surface area contributed by atoms with Gasteiger partial charge in [-0.1, -0.05) is 185 Å². The van der Waals surface area contributed by atoms with Gasteiger partial charge < -0.3 is 9.13 Å². The molecule has 3 nitrogen and oxygen atoms in total. The highest BCUT2D eigenvalue weighted by atomic mass is 16.1. The monoisotopic (exact) mass is 748 g/mol. The fourth-order valence-corrected chi connectivity index (χ4v) is 8.55. The average molecular weight is 749 g/mol. The summed E-state index contributed by atoms with van der Waals surface area (Å²) in [5, 5.41) is 2.50. The predicted molar refractivity (Wildman–Crippen MR) is 241 cm³/mol. The van der Waals surface area contributed by atoms with E-state index in [9.17, 15) is 4.79 Å². The van der Waals surface area contributed by atoms with E-state index < -0.39 is 0 Å². The lowest BCUT2D eigenvalue weighted by Crippen LogP contribution is -2.10. The van der Waals surface area contributed by atoms with Crippen LogP contribution in [0.15, 0.2) is 170 Å². The molecule has 8 rings (SSSR count). The first kappa shape index (κ1) is 39.3. The Morgan fingerprint density at radius 2 is 0.842 bits per heavy atom. The first-order valence-electron chi connectivity index (χ1n) is 20.8. The minimum atomic E-state index is 0.237. The third-order valence-corrected chi connectivity index (χ3v) is 11.1. The van der Waals surface area contributed by atoms with Crippen LogP contribution in [0.25, 0.3) is 21.8 Å². The molecular formula is C54H56N2O. The van der Waals surface area contributed by atoms with Crippen molar-refractivity contribution in [3.63, 3.8) is 0 Å². The Bertz CT molecular complexity index is 2490. The summed E-state index contributed by atoms with van der Waals surface area (Å²) in [5.74, 6) is 1.00. The Morgan fingerprint density at radius 1 is 0.439 bits per heavy atom. The van der Waals surface area contributed by atoms with Crippen LogP contribution in [0.5, 0.6) is 0 Å². The molecule has 0 saturated heterocycles. The predicted octanol–water partition coefficient (Wildman–Crippen LogP) is 13.6. The molecule has 8 aromatic rings. The van der Waals surface area contributed by atoms with Crippen molar-refractivity contribution in [1.29, 1.82) is 0 Å². The van der Waals surface area contributed by atoms with E-state index in [2.05, 4.69) is 176 Å². The molecule has 0 aliphatic heterocycles. The van der Waals surface area contributed by atoms with Crippen molar-refractivity contribution >= 4 is 27.6 Å². The molecule has 57 heavy (non-hydrogen) atoms. The van der Waals surface area contributed by atoms with Gasteiger partial charge >= 0.3 is 0 Å². The standard InChI is InChI=1S/C27H27NO.C27H29N/c1-20(2)27-26(25(29)18-17-21-11-5-3-6-12-21)23-15-9-10-16-24(23)28(27)19-22-13-7-4-8-14-22;1-21(2)27-25(18-11-16-22-12-5-3-6-13-22)24-17-9-10-19-26(24)28(27)20-23-14-7-4-8-15-23/h3-16,20H,17-19H2,1-2H3;3-10,12-15,17,19,21H,11,16,18,20H2,1-2H3. The van der Waals surface area contributed by atoms with E-state index >= 15 is 0 Å². The van der Waals surface area contributed by atoms with Gasteiger partial charge in [-0.25, -0.2) is 0 Å². The van der Waals surface area contributed by atoms with Gasteiger partial charge in [-0.3, -0.25) is 4.79 Å². The second kappa shape index (κ2) is 18.8. The lowest BCUT2D eigenvalue weighted by molar-refractivity contribution is 0.0983. The lowest BCUT2D eigenvalue weighted by atomic mass is 9.96. The molecule has 2 heterocycles. The summed E-state index contributed by atoms with van der Waals surface area (Å²) in [6, 6.07) is 59.7. The molecule has 0 aliphatic carbocycles. The third-order valence-electron chi connectivity index (χ3n) is 11.1. The van der Waals surface area contributed by atoms with Crippen LogP contribution in [-0.2, 0) is 32.4 Å². The fourth-order valence-electron chi connectivity index (χ4n) is 8.55. The highest BCUT2D eigenvalue weighted by Crippen LogP contribution is 2.35. The zero-order valence-corrected chi connectivity index (χ0v) is 34.1. The maximum Gasteiger partial charge on any atom is 0.165 e. The molecule has 0 spiro atoms. The SMILES string of the molecule is CC(C)c1c(C(=O)CCc2ccccc2)c2ccccc2n1Cc1ccccc1.CC(C)c1c(CCCc2ccccc2)c2ccccc2n1Cc1ccccc1. The molecule has 2 aromatic heterocycles. The van der Waals surface area contributed by atoms with Gasteiger partial charge in [0.05, 0.1) is 0 Å². The molecule has 288 valence electrons. The molecule has 0 radical (unpaired) electrons. The maximum atomic E-state index is 13.4. The highest BCUT2D eigenvalue weighted by Gasteiger charge is 2.24. The molecule has 0 unspecified atom stereocenters. The van der Waals surface area contributed by atoms with Crippen LogP contribution in [0.4, 0.5) is 0 Å². The van der Waals surface area contributed by atoms with Crippen LogP contribution < -0.4 is 0 Å². The van der Waals surface area contributed by atoms with Crippen molar-refractivity contribution in [2.75, 3.05) is 0 Å². The molecule has 3 heteroatoms. The van der Waals surface area contributed by atoms with E-state index in [-0.39, 0.29) is 11.7 Å². The number of carbonyl (C=O) groups is 1. The normalized spacial score (nSPS) is 11.3. The van der Waals surface area contributed by atoms with E-state index in [0.717, 1.165) is 54.5 Å². The van der Waals surface area contributed by atoms with Crippen LogP contribution in [0.3, 0.4) is 0 Å². The van der Waals surface area contributed by atoms with Crippen molar-refractivity contribution in [3.05, 3.63) is 215 Å². The van der Waals surface area contributed by atoms with Crippen LogP contribution in [0, 0.1) is 0 Å². The van der Waals surface area contributed by atoms with Crippen LogP contribution >= 0.6 is 0 Å². The summed E-state index contributed by atoms with van der Waals surface area (Å²) in [6.07, 6.45) is 4.75. The largest absolute Gasteiger partial charge is 0.340 e. The number of aryl methyl sites for hydroxylation is 3. The average Bonchev–Trinajstić information content (AvgIpc) is 3.74. The number of aromatic nitrogens is 2. The summed E-state index contributed by atoms with van der Waals surface area (Å²) < 4.78 is 4.89. The number of ketones is 1. The zero-order chi connectivity index (χ0) is 39.6. The van der Waals surface area contributed by atoms with Crippen molar-refractivity contribution in [2.24, 2.45) is 0 Å². The van der Waals surface area contributed by atoms with Gasteiger partial charge in [0, 0.05) is 58.3 Å². The highest BCUT2D eigenvalue weighted by molar-refractivity contribution is 6.09. The minimum absolute atomic E-state index is 0.237. The first-order chi connectivity index (χ1) is 27.9. The number of hydrogen-bond donors (Lipinski definition) is 0. The molecule has 0 amide bonds. The third kappa shape index (κ3) is 9.38. The summed E-state index contributed by atoms with van der Waals surface area (Å²) in [4.78, 5) is 13.4. The lowest BCUT2D eigenvalue weighted by Gasteiger charge is -2.16. The number of Topliss-reactive ketones (excluding diaryl/α,β-unsaturated/α-hetero) is 1. The quantitative estimate of drug-likeness (QED) is 0.102. The molecule has 0 saturated carbocycles. The molecule has 0 bridgehead atoms. The number of nitrogens with zero attached hydrogens (tertiary/aromatic N) is 2. The molecule has 0 aliphatic rings. The molecular weight excluding hydrogens is 693 g/mol. The number of rotatable bonds is 14. The fraction of sp³-hybridized carbons (Fsp3) is 0.241. The van der Waals surface area contributed by atoms with Crippen molar-refractivity contribution in [1.82, 2.24) is 9.13 Å². The van der Waals surface area contributed by atoms with Gasteiger partial charge in [-0.15, -0.1) is 0 Å². The molecule has 0 N–H and O–H groups in total. The smallest absolute Gasteiger partial charge is 0.165 e. The number of hydrogen-bond acceptors (Lipinski definition) is 1. The van der Waals surface area contributed by atoms with E-state index in [1.807, 2.05) is 30.3 Å². The van der Waals surface area contributed by atoms with E-state index in [4.69, 9.17) is 0 Å². The molecule has 0 fully saturated rings. The van der Waals surface area contributed by atoms with Gasteiger partial charge in [0.25, 0.3) is 0 Å². The zero-order valence-electron chi connectivity index (χ0n) is 34.1. The number of benzene rings is 6. The van der Waals surface area contributed by atoms with E-state index in [1.165, 1.54) is 50.8 Å². The number of carbonyl (C=O) groups excluding carboxylic acids is 1. The summed E-state index contributed by atoms with van der Waals surface area (Å²) >= 11 is 0. The molecule has 0 atom stereocenters. The summed E-state index contributed by atoms with van der Waals surface area (Å²) in [6.45, 7) is 10.7. The first-order valence-corrected chi connectivity index (χ1v) is 20.8. The van der Waals surface area contributed by atoms with Crippen molar-refractivity contribution < 1.29 is 4.79 Å². The van der Waals surface area contributed by atoms with E-state index in [0.29, 0.717) is 12.3 Å². The Kier molecular flexibility index (Phi) is 13.0. The van der Waals surface area contributed by atoms with Crippen molar-refractivity contribution in [2.45, 2.75) is 84.7 Å². The van der Waals surface area contributed by atoms with Crippen LogP contribution in [-0.4, -0.2) is 14.9 Å².